The van der Waals surface area contributed by atoms with Crippen molar-refractivity contribution in [2.75, 3.05) is 0 Å². The van der Waals surface area contributed by atoms with Gasteiger partial charge in [-0.05, 0) is 19.9 Å². The molecule has 0 aliphatic heterocycles. The molecule has 0 aromatic carbocycles. The van der Waals surface area contributed by atoms with Gasteiger partial charge >= 0.3 is 6.18 Å². The number of aromatic hydroxyl groups is 1. The lowest BCUT2D eigenvalue weighted by Gasteiger charge is -2.03. The van der Waals surface area contributed by atoms with Crippen molar-refractivity contribution in [1.82, 2.24) is 15.0 Å². The Balaban J connectivity index is 2.08. The molecule has 0 aliphatic carbocycles. The summed E-state index contributed by atoms with van der Waals surface area (Å²) in [6, 6.07) is 3.30. The molecule has 3 heterocycles. The van der Waals surface area contributed by atoms with Gasteiger partial charge in [0.2, 0.25) is 5.88 Å². The fourth-order valence-electron chi connectivity index (χ4n) is 2.06. The molecule has 0 amide bonds. The molecule has 0 spiro atoms. The molecule has 0 radical (unpaired) electrons. The third-order valence-electron chi connectivity index (χ3n) is 3.02. The van der Waals surface area contributed by atoms with E-state index in [4.69, 9.17) is 0 Å². The fraction of sp³-hybridized carbons (Fsp3) is 0.214. The SMILES string of the molecule is Cc1cc(-c2cc(O)nc(-c3nc(C(F)(F)F)cs3)n2)c(C)s1. The molecule has 0 atom stereocenters. The highest BCUT2D eigenvalue weighted by Crippen LogP contribution is 2.35. The minimum Gasteiger partial charge on any atom is -0.493 e. The van der Waals surface area contributed by atoms with Crippen LogP contribution in [0, 0.1) is 13.8 Å². The maximum Gasteiger partial charge on any atom is 0.434 e. The van der Waals surface area contributed by atoms with Crippen molar-refractivity contribution < 1.29 is 18.3 Å². The van der Waals surface area contributed by atoms with Crippen LogP contribution in [-0.2, 0) is 6.18 Å². The Kier molecular flexibility index (Phi) is 3.85. The van der Waals surface area contributed by atoms with Crippen molar-refractivity contribution >= 4 is 22.7 Å². The summed E-state index contributed by atoms with van der Waals surface area (Å²) in [7, 11) is 0. The number of aromatic nitrogens is 3. The molecule has 1 N–H and O–H groups in total. The highest BCUT2D eigenvalue weighted by atomic mass is 32.1. The predicted molar refractivity (Wildman–Crippen MR) is 82.6 cm³/mol. The van der Waals surface area contributed by atoms with Gasteiger partial charge in [0.15, 0.2) is 16.5 Å². The number of alkyl halides is 3. The van der Waals surface area contributed by atoms with Crippen LogP contribution in [0.4, 0.5) is 13.2 Å². The van der Waals surface area contributed by atoms with E-state index in [-0.39, 0.29) is 16.7 Å². The van der Waals surface area contributed by atoms with E-state index in [1.165, 1.54) is 6.07 Å². The van der Waals surface area contributed by atoms with E-state index in [1.54, 1.807) is 11.3 Å². The number of thiazole rings is 1. The first-order valence-corrected chi connectivity index (χ1v) is 8.12. The first-order chi connectivity index (χ1) is 10.7. The van der Waals surface area contributed by atoms with E-state index in [0.29, 0.717) is 5.69 Å². The Morgan fingerprint density at radius 3 is 2.39 bits per heavy atom. The smallest absolute Gasteiger partial charge is 0.434 e. The van der Waals surface area contributed by atoms with Crippen LogP contribution < -0.4 is 0 Å². The molecule has 0 saturated heterocycles. The lowest BCUT2D eigenvalue weighted by Crippen LogP contribution is -2.05. The number of nitrogens with zero attached hydrogens (tertiary/aromatic N) is 3. The molecule has 4 nitrogen and oxygen atoms in total. The lowest BCUT2D eigenvalue weighted by atomic mass is 10.2. The standard InChI is InChI=1S/C14H10F3N3OS2/c1-6-3-8(7(2)23-6)9-4-11(21)20-12(18-9)13-19-10(5-22-13)14(15,16)17/h3-5H,1-2H3,(H,18,20,21). The van der Waals surface area contributed by atoms with Crippen molar-refractivity contribution in [2.24, 2.45) is 0 Å². The third-order valence-corrected chi connectivity index (χ3v) is 4.82. The molecule has 0 bridgehead atoms. The van der Waals surface area contributed by atoms with Crippen LogP contribution in [0.1, 0.15) is 15.4 Å². The molecule has 23 heavy (non-hydrogen) atoms. The van der Waals surface area contributed by atoms with Gasteiger partial charge in [0, 0.05) is 26.8 Å². The molecule has 3 rings (SSSR count). The van der Waals surface area contributed by atoms with E-state index in [2.05, 4.69) is 15.0 Å². The van der Waals surface area contributed by atoms with Gasteiger partial charge in [-0.15, -0.1) is 22.7 Å². The first-order valence-electron chi connectivity index (χ1n) is 6.42. The molecule has 120 valence electrons. The molecular weight excluding hydrogens is 347 g/mol. The number of hydrogen-bond donors (Lipinski definition) is 1. The van der Waals surface area contributed by atoms with Gasteiger partial charge in [-0.25, -0.2) is 9.97 Å². The Morgan fingerprint density at radius 1 is 1.09 bits per heavy atom. The van der Waals surface area contributed by atoms with Crippen LogP contribution in [0.15, 0.2) is 17.5 Å². The van der Waals surface area contributed by atoms with Gasteiger partial charge in [-0.2, -0.15) is 18.2 Å². The van der Waals surface area contributed by atoms with E-state index in [1.807, 2.05) is 19.9 Å². The number of aryl methyl sites for hydroxylation is 2. The third kappa shape index (κ3) is 3.20. The summed E-state index contributed by atoms with van der Waals surface area (Å²) in [5.41, 5.74) is 0.283. The monoisotopic (exact) mass is 357 g/mol. The van der Waals surface area contributed by atoms with Crippen molar-refractivity contribution in [2.45, 2.75) is 20.0 Å². The van der Waals surface area contributed by atoms with Crippen LogP contribution >= 0.6 is 22.7 Å². The summed E-state index contributed by atoms with van der Waals surface area (Å²) in [6.07, 6.45) is -4.52. The second kappa shape index (κ2) is 5.57. The molecule has 0 saturated carbocycles. The molecule has 0 fully saturated rings. The molecule has 0 unspecified atom stereocenters. The van der Waals surface area contributed by atoms with Crippen LogP contribution in [0.2, 0.25) is 0 Å². The van der Waals surface area contributed by atoms with Crippen molar-refractivity contribution in [3.8, 4) is 28.0 Å². The van der Waals surface area contributed by atoms with Gasteiger partial charge in [0.05, 0.1) is 5.69 Å². The zero-order valence-electron chi connectivity index (χ0n) is 12.0. The molecule has 3 aromatic heterocycles. The van der Waals surface area contributed by atoms with E-state index in [0.717, 1.165) is 32.0 Å². The normalized spacial score (nSPS) is 11.9. The summed E-state index contributed by atoms with van der Waals surface area (Å²) in [5.74, 6) is -0.333. The van der Waals surface area contributed by atoms with Gasteiger partial charge in [0.1, 0.15) is 0 Å². The first kappa shape index (κ1) is 15.9. The zero-order chi connectivity index (χ0) is 16.8. The average molecular weight is 357 g/mol. The highest BCUT2D eigenvalue weighted by molar-refractivity contribution is 7.13. The number of thiophene rings is 1. The van der Waals surface area contributed by atoms with Crippen molar-refractivity contribution in [1.29, 1.82) is 0 Å². The lowest BCUT2D eigenvalue weighted by molar-refractivity contribution is -0.140. The maximum atomic E-state index is 12.7. The molecule has 0 aliphatic rings. The van der Waals surface area contributed by atoms with Crippen LogP contribution in [0.3, 0.4) is 0 Å². The van der Waals surface area contributed by atoms with Crippen LogP contribution in [-0.4, -0.2) is 20.1 Å². The molecule has 9 heteroatoms. The molecular formula is C14H10F3N3OS2. The minimum absolute atomic E-state index is 0.0130. The summed E-state index contributed by atoms with van der Waals surface area (Å²) in [4.78, 5) is 13.6. The molecule has 3 aromatic rings. The number of rotatable bonds is 2. The van der Waals surface area contributed by atoms with Crippen molar-refractivity contribution in [3.63, 3.8) is 0 Å². The zero-order valence-corrected chi connectivity index (χ0v) is 13.6. The van der Waals surface area contributed by atoms with Gasteiger partial charge < -0.3 is 5.11 Å². The van der Waals surface area contributed by atoms with Crippen LogP contribution in [0.25, 0.3) is 22.1 Å². The largest absolute Gasteiger partial charge is 0.493 e. The maximum absolute atomic E-state index is 12.7. The number of hydrogen-bond acceptors (Lipinski definition) is 6. The average Bonchev–Trinajstić information content (AvgIpc) is 3.04. The highest BCUT2D eigenvalue weighted by Gasteiger charge is 2.34. The topological polar surface area (TPSA) is 58.9 Å². The summed E-state index contributed by atoms with van der Waals surface area (Å²) < 4.78 is 38.0. The van der Waals surface area contributed by atoms with Gasteiger partial charge in [0.25, 0.3) is 0 Å². The van der Waals surface area contributed by atoms with E-state index < -0.39 is 11.9 Å². The van der Waals surface area contributed by atoms with Gasteiger partial charge in [-0.3, -0.25) is 0 Å². The Morgan fingerprint density at radius 2 is 1.83 bits per heavy atom. The summed E-state index contributed by atoms with van der Waals surface area (Å²) in [6.45, 7) is 3.86. The van der Waals surface area contributed by atoms with Crippen LogP contribution in [0.5, 0.6) is 5.88 Å². The predicted octanol–water partition coefficient (Wildman–Crippen LogP) is 4.67. The summed E-state index contributed by atoms with van der Waals surface area (Å²) in [5, 5.41) is 10.7. The second-order valence-corrected chi connectivity index (χ2v) is 7.12. The fourth-order valence-corrected chi connectivity index (χ4v) is 3.75. The Hall–Kier alpha value is -2.00. The van der Waals surface area contributed by atoms with Crippen molar-refractivity contribution in [3.05, 3.63) is 33.0 Å². The minimum atomic E-state index is -4.52. The quantitative estimate of drug-likeness (QED) is 0.724. The van der Waals surface area contributed by atoms with E-state index >= 15 is 0 Å². The summed E-state index contributed by atoms with van der Waals surface area (Å²) >= 11 is 2.36. The van der Waals surface area contributed by atoms with Gasteiger partial charge in [-0.1, -0.05) is 0 Å². The Labute approximate surface area is 137 Å². The Bertz CT molecular complexity index is 871. The van der Waals surface area contributed by atoms with E-state index in [9.17, 15) is 18.3 Å². The number of halogens is 3. The second-order valence-electron chi connectivity index (χ2n) is 4.80.